The highest BCUT2D eigenvalue weighted by Crippen LogP contribution is 2.23. The molecule has 1 fully saturated rings. The van der Waals surface area contributed by atoms with Gasteiger partial charge in [0.25, 0.3) is 0 Å². The summed E-state index contributed by atoms with van der Waals surface area (Å²) in [6.45, 7) is 1.41. The number of hydrogen-bond acceptors (Lipinski definition) is 2. The van der Waals surface area contributed by atoms with Gasteiger partial charge in [0, 0.05) is 31.6 Å². The van der Waals surface area contributed by atoms with Gasteiger partial charge < -0.3 is 10.2 Å². The first-order valence-electron chi connectivity index (χ1n) is 9.12. The third kappa shape index (κ3) is 5.72. The lowest BCUT2D eigenvalue weighted by Crippen LogP contribution is -2.23. The number of likely N-dealkylation sites (tertiary alicyclic amines) is 1. The van der Waals surface area contributed by atoms with Gasteiger partial charge in [-0.15, -0.1) is 0 Å². The number of amides is 2. The summed E-state index contributed by atoms with van der Waals surface area (Å²) in [5, 5.41) is 4.01. The monoisotopic (exact) mass is 404 g/mol. The Bertz CT molecular complexity index is 839. The van der Waals surface area contributed by atoms with Crippen molar-refractivity contribution in [1.29, 1.82) is 0 Å². The number of carbonyl (C=O) groups is 2. The minimum absolute atomic E-state index is 0.0236. The summed E-state index contributed by atoms with van der Waals surface area (Å²) in [5.74, 6) is 0.177. The van der Waals surface area contributed by atoms with Crippen LogP contribution >= 0.6 is 23.2 Å². The SMILES string of the molecule is O=C(CCCc1ccc(Cl)c(Cl)c1)Nc1cccc(CN2CCCC2=O)c1. The van der Waals surface area contributed by atoms with E-state index in [4.69, 9.17) is 23.2 Å². The molecule has 0 saturated carbocycles. The lowest BCUT2D eigenvalue weighted by atomic mass is 10.1. The summed E-state index contributed by atoms with van der Waals surface area (Å²) in [7, 11) is 0. The van der Waals surface area contributed by atoms with Gasteiger partial charge in [0.2, 0.25) is 11.8 Å². The van der Waals surface area contributed by atoms with Crippen LogP contribution in [-0.2, 0) is 22.6 Å². The highest BCUT2D eigenvalue weighted by atomic mass is 35.5. The highest BCUT2D eigenvalue weighted by Gasteiger charge is 2.20. The standard InChI is InChI=1S/C21H22Cl2N2O2/c22-18-10-9-15(13-19(18)23)4-2-7-20(26)24-17-6-1-5-16(12-17)14-25-11-3-8-21(25)27/h1,5-6,9-10,12-13H,2-4,7-8,11,14H2,(H,24,26). The molecule has 0 spiro atoms. The zero-order valence-electron chi connectivity index (χ0n) is 15.0. The van der Waals surface area contributed by atoms with Gasteiger partial charge in [0.1, 0.15) is 0 Å². The van der Waals surface area contributed by atoms with Crippen molar-refractivity contribution in [3.05, 3.63) is 63.6 Å². The van der Waals surface area contributed by atoms with Crippen molar-refractivity contribution in [3.8, 4) is 0 Å². The fourth-order valence-electron chi connectivity index (χ4n) is 3.21. The van der Waals surface area contributed by atoms with E-state index in [0.717, 1.165) is 42.6 Å². The molecule has 142 valence electrons. The Morgan fingerprint density at radius 3 is 2.67 bits per heavy atom. The van der Waals surface area contributed by atoms with Crippen LogP contribution in [0.4, 0.5) is 5.69 Å². The first kappa shape index (κ1) is 19.7. The van der Waals surface area contributed by atoms with E-state index in [1.165, 1.54) is 0 Å². The van der Waals surface area contributed by atoms with Crippen LogP contribution in [0.25, 0.3) is 0 Å². The van der Waals surface area contributed by atoms with Gasteiger partial charge in [-0.3, -0.25) is 9.59 Å². The molecule has 2 aromatic carbocycles. The number of halogens is 2. The molecule has 2 aromatic rings. The largest absolute Gasteiger partial charge is 0.338 e. The molecule has 1 N–H and O–H groups in total. The van der Waals surface area contributed by atoms with Gasteiger partial charge in [0.15, 0.2) is 0 Å². The molecule has 0 unspecified atom stereocenters. The second-order valence-corrected chi connectivity index (χ2v) is 7.58. The molecule has 2 amide bonds. The van der Waals surface area contributed by atoms with Crippen molar-refractivity contribution < 1.29 is 9.59 Å². The molecular formula is C21H22Cl2N2O2. The number of aryl methyl sites for hydroxylation is 1. The van der Waals surface area contributed by atoms with Gasteiger partial charge in [-0.1, -0.05) is 41.4 Å². The summed E-state index contributed by atoms with van der Waals surface area (Å²) in [4.78, 5) is 25.8. The molecule has 3 rings (SSSR count). The fraction of sp³-hybridized carbons (Fsp3) is 0.333. The van der Waals surface area contributed by atoms with E-state index in [-0.39, 0.29) is 11.8 Å². The number of benzene rings is 2. The van der Waals surface area contributed by atoms with E-state index in [1.54, 1.807) is 6.07 Å². The molecule has 6 heteroatoms. The number of carbonyl (C=O) groups excluding carboxylic acids is 2. The summed E-state index contributed by atoms with van der Waals surface area (Å²) < 4.78 is 0. The van der Waals surface area contributed by atoms with Crippen molar-refractivity contribution in [3.63, 3.8) is 0 Å². The van der Waals surface area contributed by atoms with Crippen molar-refractivity contribution in [2.75, 3.05) is 11.9 Å². The van der Waals surface area contributed by atoms with Crippen LogP contribution in [0.5, 0.6) is 0 Å². The van der Waals surface area contributed by atoms with Gasteiger partial charge >= 0.3 is 0 Å². The van der Waals surface area contributed by atoms with E-state index >= 15 is 0 Å². The number of hydrogen-bond donors (Lipinski definition) is 1. The fourth-order valence-corrected chi connectivity index (χ4v) is 3.53. The summed E-state index contributed by atoms with van der Waals surface area (Å²) in [6, 6.07) is 13.2. The number of anilines is 1. The third-order valence-corrected chi connectivity index (χ3v) is 5.35. The first-order valence-corrected chi connectivity index (χ1v) is 9.87. The summed E-state index contributed by atoms with van der Waals surface area (Å²) in [5.41, 5.74) is 2.85. The molecule has 0 aromatic heterocycles. The van der Waals surface area contributed by atoms with Gasteiger partial charge in [-0.2, -0.15) is 0 Å². The molecule has 0 bridgehead atoms. The third-order valence-electron chi connectivity index (χ3n) is 4.61. The lowest BCUT2D eigenvalue weighted by Gasteiger charge is -2.16. The topological polar surface area (TPSA) is 49.4 Å². The molecule has 1 aliphatic rings. The van der Waals surface area contributed by atoms with Crippen molar-refractivity contribution in [1.82, 2.24) is 4.90 Å². The minimum Gasteiger partial charge on any atom is -0.338 e. The van der Waals surface area contributed by atoms with E-state index in [9.17, 15) is 9.59 Å². The molecule has 0 atom stereocenters. The number of nitrogens with one attached hydrogen (secondary N) is 1. The van der Waals surface area contributed by atoms with Crippen LogP contribution in [0, 0.1) is 0 Å². The Morgan fingerprint density at radius 1 is 1.07 bits per heavy atom. The van der Waals surface area contributed by atoms with E-state index < -0.39 is 0 Å². The molecule has 1 aliphatic heterocycles. The maximum Gasteiger partial charge on any atom is 0.224 e. The van der Waals surface area contributed by atoms with Crippen LogP contribution < -0.4 is 5.32 Å². The lowest BCUT2D eigenvalue weighted by molar-refractivity contribution is -0.128. The summed E-state index contributed by atoms with van der Waals surface area (Å²) >= 11 is 11.9. The van der Waals surface area contributed by atoms with Crippen LogP contribution in [0.2, 0.25) is 10.0 Å². The average Bonchev–Trinajstić information content (AvgIpc) is 3.03. The van der Waals surface area contributed by atoms with Crippen LogP contribution in [0.3, 0.4) is 0 Å². The van der Waals surface area contributed by atoms with Crippen molar-refractivity contribution in [2.45, 2.75) is 38.6 Å². The maximum absolute atomic E-state index is 12.2. The molecule has 0 radical (unpaired) electrons. The zero-order chi connectivity index (χ0) is 19.2. The van der Waals surface area contributed by atoms with E-state index in [2.05, 4.69) is 5.32 Å². The van der Waals surface area contributed by atoms with Crippen LogP contribution in [-0.4, -0.2) is 23.3 Å². The first-order chi connectivity index (χ1) is 13.0. The smallest absolute Gasteiger partial charge is 0.224 e. The Labute approximate surface area is 169 Å². The number of nitrogens with zero attached hydrogens (tertiary/aromatic N) is 1. The van der Waals surface area contributed by atoms with Gasteiger partial charge in [-0.05, 0) is 54.7 Å². The second-order valence-electron chi connectivity index (χ2n) is 6.77. The molecule has 27 heavy (non-hydrogen) atoms. The predicted octanol–water partition coefficient (Wildman–Crippen LogP) is 5.08. The normalized spacial score (nSPS) is 13.9. The molecule has 0 aliphatic carbocycles. The molecule has 4 nitrogen and oxygen atoms in total. The maximum atomic E-state index is 12.2. The van der Waals surface area contributed by atoms with Crippen molar-refractivity contribution in [2.24, 2.45) is 0 Å². The Hall–Kier alpha value is -2.04. The van der Waals surface area contributed by atoms with Gasteiger partial charge in [-0.25, -0.2) is 0 Å². The van der Waals surface area contributed by atoms with E-state index in [1.807, 2.05) is 41.3 Å². The molecular weight excluding hydrogens is 383 g/mol. The quantitative estimate of drug-likeness (QED) is 0.699. The Balaban J connectivity index is 1.48. The van der Waals surface area contributed by atoms with Crippen LogP contribution in [0.15, 0.2) is 42.5 Å². The van der Waals surface area contributed by atoms with E-state index in [0.29, 0.717) is 29.4 Å². The zero-order valence-corrected chi connectivity index (χ0v) is 16.5. The highest BCUT2D eigenvalue weighted by molar-refractivity contribution is 6.42. The minimum atomic E-state index is -0.0236. The van der Waals surface area contributed by atoms with Crippen molar-refractivity contribution >= 4 is 40.7 Å². The predicted molar refractivity (Wildman–Crippen MR) is 109 cm³/mol. The molecule has 1 heterocycles. The Kier molecular flexibility index (Phi) is 6.75. The summed E-state index contributed by atoms with van der Waals surface area (Å²) in [6.07, 6.45) is 3.48. The Morgan fingerprint density at radius 2 is 1.93 bits per heavy atom. The second kappa shape index (κ2) is 9.25. The number of rotatable bonds is 7. The average molecular weight is 405 g/mol. The van der Waals surface area contributed by atoms with Gasteiger partial charge in [0.05, 0.1) is 10.0 Å². The molecule has 1 saturated heterocycles. The van der Waals surface area contributed by atoms with Crippen LogP contribution in [0.1, 0.15) is 36.8 Å².